The van der Waals surface area contributed by atoms with E-state index in [2.05, 4.69) is 10.3 Å². The van der Waals surface area contributed by atoms with Gasteiger partial charge >= 0.3 is 0 Å². The first-order chi connectivity index (χ1) is 9.90. The molecule has 0 radical (unpaired) electrons. The maximum absolute atomic E-state index is 12.2. The van der Waals surface area contributed by atoms with Crippen molar-refractivity contribution in [3.63, 3.8) is 0 Å². The Kier molecular flexibility index (Phi) is 4.40. The summed E-state index contributed by atoms with van der Waals surface area (Å²) < 4.78 is 0. The molecule has 0 unspecified atom stereocenters. The van der Waals surface area contributed by atoms with Gasteiger partial charge in [0.05, 0.1) is 10.5 Å². The van der Waals surface area contributed by atoms with E-state index in [1.54, 1.807) is 25.1 Å². The molecule has 8 heteroatoms. The van der Waals surface area contributed by atoms with Crippen molar-refractivity contribution in [2.75, 3.05) is 5.32 Å². The van der Waals surface area contributed by atoms with Crippen molar-refractivity contribution >= 4 is 40.5 Å². The number of nitrogens with one attached hydrogen (secondary N) is 1. The summed E-state index contributed by atoms with van der Waals surface area (Å²) in [7, 11) is 0. The zero-order valence-electron chi connectivity index (χ0n) is 10.8. The maximum atomic E-state index is 12.2. The molecule has 0 saturated heterocycles. The first-order valence-corrected chi connectivity index (χ1v) is 6.52. The number of hydrogen-bond acceptors (Lipinski definition) is 4. The largest absolute Gasteiger partial charge is 0.322 e. The minimum atomic E-state index is -0.648. The summed E-state index contributed by atoms with van der Waals surface area (Å²) in [5.74, 6) is -0.596. The van der Waals surface area contributed by atoms with Gasteiger partial charge in [-0.15, -0.1) is 0 Å². The molecule has 1 aromatic carbocycles. The molecule has 0 fully saturated rings. The molecule has 1 heterocycles. The van der Waals surface area contributed by atoms with E-state index < -0.39 is 10.8 Å². The highest BCUT2D eigenvalue weighted by Gasteiger charge is 2.18. The van der Waals surface area contributed by atoms with Crippen molar-refractivity contribution in [1.29, 1.82) is 0 Å². The van der Waals surface area contributed by atoms with E-state index in [1.165, 1.54) is 0 Å². The standard InChI is InChI=1S/C13H9Cl2N3O3/c1-7-10(14)3-2-4-11(7)17-13(19)9-5-8(18(20)21)6-16-12(9)15/h2-6H,1H3,(H,17,19). The second-order valence-electron chi connectivity index (χ2n) is 4.16. The topological polar surface area (TPSA) is 85.1 Å². The third-order valence-electron chi connectivity index (χ3n) is 2.80. The van der Waals surface area contributed by atoms with E-state index in [1.807, 2.05) is 0 Å². The summed E-state index contributed by atoms with van der Waals surface area (Å²) in [4.78, 5) is 25.9. The van der Waals surface area contributed by atoms with Gasteiger partial charge in [0.1, 0.15) is 11.3 Å². The molecule has 2 aromatic rings. The lowest BCUT2D eigenvalue weighted by Gasteiger charge is -2.10. The normalized spacial score (nSPS) is 10.2. The van der Waals surface area contributed by atoms with Gasteiger partial charge in [0.2, 0.25) is 0 Å². The van der Waals surface area contributed by atoms with Gasteiger partial charge in [-0.1, -0.05) is 29.3 Å². The number of hydrogen-bond donors (Lipinski definition) is 1. The number of aromatic nitrogens is 1. The van der Waals surface area contributed by atoms with Gasteiger partial charge in [-0.25, -0.2) is 4.98 Å². The van der Waals surface area contributed by atoms with E-state index in [9.17, 15) is 14.9 Å². The van der Waals surface area contributed by atoms with Gasteiger partial charge in [0, 0.05) is 16.8 Å². The van der Waals surface area contributed by atoms with Crippen molar-refractivity contribution in [3.05, 3.63) is 61.9 Å². The van der Waals surface area contributed by atoms with Crippen LogP contribution in [0.15, 0.2) is 30.5 Å². The first-order valence-electron chi connectivity index (χ1n) is 5.76. The highest BCUT2D eigenvalue weighted by atomic mass is 35.5. The summed E-state index contributed by atoms with van der Waals surface area (Å²) >= 11 is 11.8. The number of anilines is 1. The summed E-state index contributed by atoms with van der Waals surface area (Å²) in [6.45, 7) is 1.74. The zero-order chi connectivity index (χ0) is 15.6. The third kappa shape index (κ3) is 3.29. The summed E-state index contributed by atoms with van der Waals surface area (Å²) in [5, 5.41) is 13.7. The van der Waals surface area contributed by atoms with Crippen LogP contribution in [-0.4, -0.2) is 15.8 Å². The highest BCUT2D eigenvalue weighted by Crippen LogP contribution is 2.25. The second-order valence-corrected chi connectivity index (χ2v) is 4.92. The number of carbonyl (C=O) groups excluding carboxylic acids is 1. The number of halogens is 2. The fourth-order valence-corrected chi connectivity index (χ4v) is 1.99. The molecule has 6 nitrogen and oxygen atoms in total. The van der Waals surface area contributed by atoms with Crippen LogP contribution in [0.4, 0.5) is 11.4 Å². The lowest BCUT2D eigenvalue weighted by molar-refractivity contribution is -0.385. The molecule has 1 amide bonds. The minimum Gasteiger partial charge on any atom is -0.322 e. The average molecular weight is 326 g/mol. The molecule has 2 rings (SSSR count). The molecule has 0 spiro atoms. The fourth-order valence-electron chi connectivity index (χ4n) is 1.63. The Bertz CT molecular complexity index is 735. The Morgan fingerprint density at radius 3 is 2.76 bits per heavy atom. The van der Waals surface area contributed by atoms with Crippen LogP contribution in [0.25, 0.3) is 0 Å². The van der Waals surface area contributed by atoms with Crippen LogP contribution in [0, 0.1) is 17.0 Å². The van der Waals surface area contributed by atoms with Crippen LogP contribution < -0.4 is 5.32 Å². The molecule has 0 bridgehead atoms. The molecule has 0 atom stereocenters. The van der Waals surface area contributed by atoms with Crippen molar-refractivity contribution in [1.82, 2.24) is 4.98 Å². The Balaban J connectivity index is 2.34. The van der Waals surface area contributed by atoms with Gasteiger partial charge < -0.3 is 5.32 Å². The van der Waals surface area contributed by atoms with Crippen LogP contribution in [0.2, 0.25) is 10.2 Å². The quantitative estimate of drug-likeness (QED) is 0.527. The molecule has 0 aliphatic heterocycles. The summed E-state index contributed by atoms with van der Waals surface area (Å²) in [6, 6.07) is 6.11. The minimum absolute atomic E-state index is 0.0785. The number of nitro groups is 1. The molecular weight excluding hydrogens is 317 g/mol. The van der Waals surface area contributed by atoms with Crippen molar-refractivity contribution in [2.45, 2.75) is 6.92 Å². The summed E-state index contributed by atoms with van der Waals surface area (Å²) in [5.41, 5.74) is 0.787. The zero-order valence-corrected chi connectivity index (χ0v) is 12.3. The second kappa shape index (κ2) is 6.07. The number of rotatable bonds is 3. The van der Waals surface area contributed by atoms with Crippen molar-refractivity contribution in [3.8, 4) is 0 Å². The van der Waals surface area contributed by atoms with Crippen LogP contribution in [0.1, 0.15) is 15.9 Å². The van der Waals surface area contributed by atoms with Gasteiger partial charge in [0.25, 0.3) is 11.6 Å². The lowest BCUT2D eigenvalue weighted by atomic mass is 10.2. The molecule has 21 heavy (non-hydrogen) atoms. The van der Waals surface area contributed by atoms with Crippen LogP contribution in [0.3, 0.4) is 0 Å². The van der Waals surface area contributed by atoms with Gasteiger partial charge in [0.15, 0.2) is 0 Å². The van der Waals surface area contributed by atoms with Crippen molar-refractivity contribution in [2.24, 2.45) is 0 Å². The number of pyridine rings is 1. The maximum Gasteiger partial charge on any atom is 0.288 e. The van der Waals surface area contributed by atoms with E-state index in [-0.39, 0.29) is 16.4 Å². The molecule has 0 aliphatic rings. The predicted molar refractivity (Wildman–Crippen MR) is 80.0 cm³/mol. The smallest absolute Gasteiger partial charge is 0.288 e. The number of nitrogens with zero attached hydrogens (tertiary/aromatic N) is 2. The Hall–Kier alpha value is -2.18. The number of amides is 1. The SMILES string of the molecule is Cc1c(Cl)cccc1NC(=O)c1cc([N+](=O)[O-])cnc1Cl. The van der Waals surface area contributed by atoms with Gasteiger partial charge in [-0.05, 0) is 24.6 Å². The summed E-state index contributed by atoms with van der Waals surface area (Å²) in [6.07, 6.45) is 0.990. The van der Waals surface area contributed by atoms with E-state index in [0.29, 0.717) is 16.3 Å². The van der Waals surface area contributed by atoms with Crippen LogP contribution >= 0.6 is 23.2 Å². The van der Waals surface area contributed by atoms with E-state index in [4.69, 9.17) is 23.2 Å². The molecular formula is C13H9Cl2N3O3. The first kappa shape index (κ1) is 15.2. The fraction of sp³-hybridized carbons (Fsp3) is 0.0769. The van der Waals surface area contributed by atoms with Crippen molar-refractivity contribution < 1.29 is 9.72 Å². The molecule has 1 N–H and O–H groups in total. The van der Waals surface area contributed by atoms with Crippen LogP contribution in [0.5, 0.6) is 0 Å². The highest BCUT2D eigenvalue weighted by molar-refractivity contribution is 6.33. The Morgan fingerprint density at radius 1 is 1.38 bits per heavy atom. The molecule has 0 aliphatic carbocycles. The van der Waals surface area contributed by atoms with Gasteiger partial charge in [-0.2, -0.15) is 0 Å². The molecule has 0 saturated carbocycles. The van der Waals surface area contributed by atoms with E-state index in [0.717, 1.165) is 12.3 Å². The Labute approximate surface area is 129 Å². The third-order valence-corrected chi connectivity index (χ3v) is 3.51. The van der Waals surface area contributed by atoms with Crippen LogP contribution in [-0.2, 0) is 0 Å². The monoisotopic (exact) mass is 325 g/mol. The number of carbonyl (C=O) groups is 1. The number of benzene rings is 1. The predicted octanol–water partition coefficient (Wildman–Crippen LogP) is 3.86. The molecule has 1 aromatic heterocycles. The molecule has 108 valence electrons. The lowest BCUT2D eigenvalue weighted by Crippen LogP contribution is -2.14. The average Bonchev–Trinajstić information content (AvgIpc) is 2.44. The Morgan fingerprint density at radius 2 is 2.10 bits per heavy atom. The van der Waals surface area contributed by atoms with Gasteiger partial charge in [-0.3, -0.25) is 14.9 Å². The van der Waals surface area contributed by atoms with E-state index >= 15 is 0 Å².